The van der Waals surface area contributed by atoms with Crippen LogP contribution in [0.15, 0.2) is 18.2 Å². The van der Waals surface area contributed by atoms with Crippen molar-refractivity contribution in [1.82, 2.24) is 5.32 Å². The molecule has 0 bridgehead atoms. The predicted octanol–water partition coefficient (Wildman–Crippen LogP) is 4.15. The van der Waals surface area contributed by atoms with E-state index in [1.54, 1.807) is 6.07 Å². The van der Waals surface area contributed by atoms with Gasteiger partial charge in [-0.15, -0.1) is 0 Å². The van der Waals surface area contributed by atoms with Crippen molar-refractivity contribution in [3.8, 4) is 0 Å². The molecular formula is C15H24FNS. The predicted molar refractivity (Wildman–Crippen MR) is 79.7 cm³/mol. The van der Waals surface area contributed by atoms with Gasteiger partial charge in [-0.2, -0.15) is 11.8 Å². The van der Waals surface area contributed by atoms with Crippen molar-refractivity contribution < 1.29 is 4.39 Å². The van der Waals surface area contributed by atoms with Crippen LogP contribution in [0.3, 0.4) is 0 Å². The van der Waals surface area contributed by atoms with Crippen molar-refractivity contribution in [2.45, 2.75) is 44.9 Å². The van der Waals surface area contributed by atoms with Crippen LogP contribution in [0.2, 0.25) is 0 Å². The highest BCUT2D eigenvalue weighted by atomic mass is 32.2. The molecule has 1 rings (SSSR count). The summed E-state index contributed by atoms with van der Waals surface area (Å²) in [5.41, 5.74) is 1.87. The van der Waals surface area contributed by atoms with E-state index in [4.69, 9.17) is 0 Å². The Morgan fingerprint density at radius 2 is 1.94 bits per heavy atom. The number of nitrogens with one attached hydrogen (secondary N) is 1. The SMILES string of the molecule is CCC(CC)(CNCc1ccc(F)c(C)c1)SC. The first-order valence-electron chi connectivity index (χ1n) is 6.57. The van der Waals surface area contributed by atoms with Crippen LogP contribution in [0.4, 0.5) is 4.39 Å². The summed E-state index contributed by atoms with van der Waals surface area (Å²) in [6.45, 7) is 8.09. The molecule has 1 aromatic carbocycles. The van der Waals surface area contributed by atoms with Gasteiger partial charge in [-0.25, -0.2) is 4.39 Å². The molecule has 0 saturated heterocycles. The number of hydrogen-bond donors (Lipinski definition) is 1. The summed E-state index contributed by atoms with van der Waals surface area (Å²) < 4.78 is 13.5. The zero-order valence-corrected chi connectivity index (χ0v) is 12.7. The second-order valence-electron chi connectivity index (χ2n) is 4.78. The molecule has 0 aliphatic carbocycles. The molecule has 0 aliphatic heterocycles. The molecule has 0 fully saturated rings. The van der Waals surface area contributed by atoms with Gasteiger partial charge in [-0.3, -0.25) is 0 Å². The lowest BCUT2D eigenvalue weighted by atomic mass is 10.0. The third-order valence-electron chi connectivity index (χ3n) is 3.72. The molecule has 1 aromatic rings. The minimum Gasteiger partial charge on any atom is -0.311 e. The first-order valence-corrected chi connectivity index (χ1v) is 7.80. The van der Waals surface area contributed by atoms with Crippen molar-refractivity contribution in [3.05, 3.63) is 35.1 Å². The van der Waals surface area contributed by atoms with Crippen LogP contribution >= 0.6 is 11.8 Å². The van der Waals surface area contributed by atoms with Crippen LogP contribution in [0.1, 0.15) is 37.8 Å². The number of rotatable bonds is 7. The highest BCUT2D eigenvalue weighted by molar-refractivity contribution is 8.00. The Morgan fingerprint density at radius 3 is 2.44 bits per heavy atom. The highest BCUT2D eigenvalue weighted by Crippen LogP contribution is 2.29. The van der Waals surface area contributed by atoms with E-state index in [9.17, 15) is 4.39 Å². The fourth-order valence-corrected chi connectivity index (χ4v) is 2.94. The minimum absolute atomic E-state index is 0.126. The van der Waals surface area contributed by atoms with E-state index in [1.807, 2.05) is 30.8 Å². The summed E-state index contributed by atoms with van der Waals surface area (Å²) in [7, 11) is 0. The van der Waals surface area contributed by atoms with Crippen LogP contribution < -0.4 is 5.32 Å². The van der Waals surface area contributed by atoms with E-state index in [0.29, 0.717) is 4.75 Å². The van der Waals surface area contributed by atoms with Crippen molar-refractivity contribution in [2.75, 3.05) is 12.8 Å². The average Bonchev–Trinajstić information content (AvgIpc) is 2.39. The van der Waals surface area contributed by atoms with Gasteiger partial charge in [0.25, 0.3) is 0 Å². The van der Waals surface area contributed by atoms with Crippen LogP contribution in [-0.4, -0.2) is 17.5 Å². The van der Waals surface area contributed by atoms with Gasteiger partial charge in [0.2, 0.25) is 0 Å². The number of hydrogen-bond acceptors (Lipinski definition) is 2. The lowest BCUT2D eigenvalue weighted by Crippen LogP contribution is -2.36. The Balaban J connectivity index is 2.52. The molecule has 0 radical (unpaired) electrons. The largest absolute Gasteiger partial charge is 0.311 e. The van der Waals surface area contributed by atoms with Gasteiger partial charge in [0.15, 0.2) is 0 Å². The smallest absolute Gasteiger partial charge is 0.126 e. The Kier molecular flexibility index (Phi) is 6.16. The normalized spacial score (nSPS) is 11.8. The van der Waals surface area contributed by atoms with Crippen molar-refractivity contribution in [1.29, 1.82) is 0 Å². The third kappa shape index (κ3) is 3.99. The molecule has 102 valence electrons. The van der Waals surface area contributed by atoms with Gasteiger partial charge in [-0.1, -0.05) is 26.0 Å². The van der Waals surface area contributed by atoms with Gasteiger partial charge in [0, 0.05) is 17.8 Å². The summed E-state index contributed by atoms with van der Waals surface area (Å²) in [4.78, 5) is 0. The van der Waals surface area contributed by atoms with Crippen LogP contribution in [0.25, 0.3) is 0 Å². The first-order chi connectivity index (χ1) is 8.56. The fraction of sp³-hybridized carbons (Fsp3) is 0.600. The maximum atomic E-state index is 13.2. The second kappa shape index (κ2) is 7.15. The van der Waals surface area contributed by atoms with Crippen molar-refractivity contribution in [3.63, 3.8) is 0 Å². The summed E-state index contributed by atoms with van der Waals surface area (Å²) in [6.07, 6.45) is 4.51. The van der Waals surface area contributed by atoms with E-state index >= 15 is 0 Å². The summed E-state index contributed by atoms with van der Waals surface area (Å²) >= 11 is 1.94. The van der Waals surface area contributed by atoms with E-state index in [0.717, 1.165) is 24.2 Å². The zero-order valence-electron chi connectivity index (χ0n) is 11.8. The number of benzene rings is 1. The van der Waals surface area contributed by atoms with E-state index in [-0.39, 0.29) is 5.82 Å². The average molecular weight is 269 g/mol. The van der Waals surface area contributed by atoms with Gasteiger partial charge in [0.05, 0.1) is 0 Å². The zero-order chi connectivity index (χ0) is 13.6. The molecule has 0 heterocycles. The lowest BCUT2D eigenvalue weighted by Gasteiger charge is -2.30. The molecule has 0 unspecified atom stereocenters. The Hall–Kier alpha value is -0.540. The fourth-order valence-electron chi connectivity index (χ4n) is 2.11. The van der Waals surface area contributed by atoms with E-state index < -0.39 is 0 Å². The molecule has 0 amide bonds. The Bertz CT molecular complexity index is 366. The quantitative estimate of drug-likeness (QED) is 0.798. The van der Waals surface area contributed by atoms with Crippen LogP contribution in [-0.2, 0) is 6.54 Å². The molecule has 18 heavy (non-hydrogen) atoms. The Labute approximate surface area is 115 Å². The van der Waals surface area contributed by atoms with Gasteiger partial charge < -0.3 is 5.32 Å². The molecule has 3 heteroatoms. The number of thioether (sulfide) groups is 1. The summed E-state index contributed by atoms with van der Waals surface area (Å²) in [5, 5.41) is 3.50. The molecule has 0 spiro atoms. The third-order valence-corrected chi connectivity index (χ3v) is 5.31. The molecule has 0 aliphatic rings. The van der Waals surface area contributed by atoms with Crippen molar-refractivity contribution >= 4 is 11.8 Å². The molecule has 0 saturated carbocycles. The molecule has 0 aromatic heterocycles. The maximum absolute atomic E-state index is 13.2. The van der Waals surface area contributed by atoms with E-state index in [1.165, 1.54) is 12.8 Å². The van der Waals surface area contributed by atoms with Crippen LogP contribution in [0, 0.1) is 12.7 Å². The van der Waals surface area contributed by atoms with Crippen molar-refractivity contribution in [2.24, 2.45) is 0 Å². The monoisotopic (exact) mass is 269 g/mol. The first kappa shape index (κ1) is 15.5. The second-order valence-corrected chi connectivity index (χ2v) is 6.06. The maximum Gasteiger partial charge on any atom is 0.126 e. The minimum atomic E-state index is -0.126. The summed E-state index contributed by atoms with van der Waals surface area (Å²) in [6, 6.07) is 5.32. The number of halogens is 1. The number of aryl methyl sites for hydroxylation is 1. The van der Waals surface area contributed by atoms with Gasteiger partial charge in [-0.05, 0) is 43.2 Å². The van der Waals surface area contributed by atoms with Gasteiger partial charge in [0.1, 0.15) is 5.82 Å². The van der Waals surface area contributed by atoms with Gasteiger partial charge >= 0.3 is 0 Å². The molecule has 1 N–H and O–H groups in total. The Morgan fingerprint density at radius 1 is 1.28 bits per heavy atom. The molecular weight excluding hydrogens is 245 g/mol. The lowest BCUT2D eigenvalue weighted by molar-refractivity contribution is 0.494. The summed E-state index contributed by atoms with van der Waals surface area (Å²) in [5.74, 6) is -0.126. The highest BCUT2D eigenvalue weighted by Gasteiger charge is 2.23. The van der Waals surface area contributed by atoms with Crippen LogP contribution in [0.5, 0.6) is 0 Å². The van der Waals surface area contributed by atoms with E-state index in [2.05, 4.69) is 25.4 Å². The standard InChI is InChI=1S/C15H24FNS/c1-5-15(6-2,18-4)11-17-10-13-7-8-14(16)12(3)9-13/h7-9,17H,5-6,10-11H2,1-4H3. The molecule has 1 nitrogen and oxygen atoms in total. The topological polar surface area (TPSA) is 12.0 Å². The molecule has 0 atom stereocenters.